The van der Waals surface area contributed by atoms with Gasteiger partial charge in [0.15, 0.2) is 17.6 Å². The van der Waals surface area contributed by atoms with Gasteiger partial charge in [0, 0.05) is 12.1 Å². The second-order valence-corrected chi connectivity index (χ2v) is 4.26. The van der Waals surface area contributed by atoms with Crippen molar-refractivity contribution in [1.82, 2.24) is 0 Å². The molecular weight excluding hydrogens is 246 g/mol. The minimum absolute atomic E-state index is 0.111. The number of hydrogen-bond donors (Lipinski definition) is 0. The van der Waals surface area contributed by atoms with Gasteiger partial charge in [-0.3, -0.25) is 9.59 Å². The lowest BCUT2D eigenvalue weighted by Crippen LogP contribution is -2.44. The largest absolute Gasteiger partial charge is 0.490 e. The number of likely N-dealkylation sites (N-methyl/N-ethyl adjacent to an activating group) is 1. The van der Waals surface area contributed by atoms with E-state index in [-0.39, 0.29) is 5.91 Å². The van der Waals surface area contributed by atoms with E-state index in [1.54, 1.807) is 24.0 Å². The number of carbonyl (C=O) groups is 2. The highest BCUT2D eigenvalue weighted by atomic mass is 16.5. The summed E-state index contributed by atoms with van der Waals surface area (Å²) in [5, 5.41) is 0. The number of ether oxygens (including phenoxy) is 2. The molecule has 1 aliphatic heterocycles. The minimum Gasteiger partial charge on any atom is -0.490 e. The Morgan fingerprint density at radius 1 is 1.42 bits per heavy atom. The predicted octanol–water partition coefficient (Wildman–Crippen LogP) is 2.03. The molecule has 0 spiro atoms. The van der Waals surface area contributed by atoms with Crippen molar-refractivity contribution < 1.29 is 19.1 Å². The Hall–Kier alpha value is -2.04. The van der Waals surface area contributed by atoms with Gasteiger partial charge in [0.2, 0.25) is 0 Å². The van der Waals surface area contributed by atoms with Crippen molar-refractivity contribution in [3.05, 3.63) is 17.7 Å². The molecule has 0 fully saturated rings. The summed E-state index contributed by atoms with van der Waals surface area (Å²) in [6.45, 7) is 6.43. The molecule has 102 valence electrons. The molecule has 2 rings (SSSR count). The van der Waals surface area contributed by atoms with E-state index in [9.17, 15) is 9.59 Å². The molecule has 0 aliphatic carbocycles. The maximum atomic E-state index is 12.1. The molecule has 1 amide bonds. The number of amides is 1. The average Bonchev–Trinajstić information content (AvgIpc) is 2.41. The highest BCUT2D eigenvalue weighted by Gasteiger charge is 2.33. The number of rotatable bonds is 4. The standard InChI is InChI=1S/C14H17NO4/c1-4-15-11-6-10(8-16)7-12(18-5-2)13(11)19-9(3)14(15)17/h6-9H,4-5H2,1-3H3. The maximum absolute atomic E-state index is 12.1. The summed E-state index contributed by atoms with van der Waals surface area (Å²) in [7, 11) is 0. The summed E-state index contributed by atoms with van der Waals surface area (Å²) >= 11 is 0. The fraction of sp³-hybridized carbons (Fsp3) is 0.429. The molecule has 5 nitrogen and oxygen atoms in total. The molecule has 5 heteroatoms. The van der Waals surface area contributed by atoms with Crippen molar-refractivity contribution in [1.29, 1.82) is 0 Å². The van der Waals surface area contributed by atoms with Crippen LogP contribution >= 0.6 is 0 Å². The third kappa shape index (κ3) is 2.28. The van der Waals surface area contributed by atoms with Gasteiger partial charge < -0.3 is 14.4 Å². The van der Waals surface area contributed by atoms with E-state index in [0.29, 0.717) is 35.9 Å². The Morgan fingerprint density at radius 3 is 2.74 bits per heavy atom. The van der Waals surface area contributed by atoms with E-state index >= 15 is 0 Å². The van der Waals surface area contributed by atoms with Crippen LogP contribution in [0.15, 0.2) is 12.1 Å². The zero-order chi connectivity index (χ0) is 14.0. The van der Waals surface area contributed by atoms with Crippen LogP contribution in [0.1, 0.15) is 31.1 Å². The molecule has 19 heavy (non-hydrogen) atoms. The molecule has 0 saturated heterocycles. The van der Waals surface area contributed by atoms with Crippen LogP contribution in [-0.2, 0) is 4.79 Å². The van der Waals surface area contributed by atoms with Crippen molar-refractivity contribution in [2.24, 2.45) is 0 Å². The van der Waals surface area contributed by atoms with Crippen LogP contribution in [0.3, 0.4) is 0 Å². The Bertz CT molecular complexity index is 512. The normalized spacial score (nSPS) is 17.7. The van der Waals surface area contributed by atoms with E-state index in [1.807, 2.05) is 13.8 Å². The number of nitrogens with zero attached hydrogens (tertiary/aromatic N) is 1. The molecule has 0 aromatic heterocycles. The van der Waals surface area contributed by atoms with Gasteiger partial charge in [0.25, 0.3) is 5.91 Å². The topological polar surface area (TPSA) is 55.8 Å². The van der Waals surface area contributed by atoms with Gasteiger partial charge in [0.1, 0.15) is 6.29 Å². The van der Waals surface area contributed by atoms with E-state index in [0.717, 1.165) is 6.29 Å². The molecule has 1 unspecified atom stereocenters. The van der Waals surface area contributed by atoms with Crippen LogP contribution in [0.5, 0.6) is 11.5 Å². The SMILES string of the molecule is CCOc1cc(C=O)cc2c1OC(C)C(=O)N2CC. The van der Waals surface area contributed by atoms with Gasteiger partial charge >= 0.3 is 0 Å². The van der Waals surface area contributed by atoms with Gasteiger partial charge in [0.05, 0.1) is 12.3 Å². The van der Waals surface area contributed by atoms with Crippen LogP contribution in [0, 0.1) is 0 Å². The summed E-state index contributed by atoms with van der Waals surface area (Å²) in [5.41, 5.74) is 1.06. The van der Waals surface area contributed by atoms with Crippen LogP contribution in [0.25, 0.3) is 0 Å². The van der Waals surface area contributed by atoms with Gasteiger partial charge in [-0.15, -0.1) is 0 Å². The molecule has 0 bridgehead atoms. The average molecular weight is 263 g/mol. The second kappa shape index (κ2) is 5.30. The van der Waals surface area contributed by atoms with E-state index in [4.69, 9.17) is 9.47 Å². The van der Waals surface area contributed by atoms with Gasteiger partial charge in [-0.1, -0.05) is 0 Å². The first-order valence-electron chi connectivity index (χ1n) is 6.36. The lowest BCUT2D eigenvalue weighted by atomic mass is 10.1. The highest BCUT2D eigenvalue weighted by Crippen LogP contribution is 2.42. The maximum Gasteiger partial charge on any atom is 0.267 e. The minimum atomic E-state index is -0.547. The van der Waals surface area contributed by atoms with Crippen molar-refractivity contribution in [2.75, 3.05) is 18.1 Å². The lowest BCUT2D eigenvalue weighted by Gasteiger charge is -2.33. The van der Waals surface area contributed by atoms with Gasteiger partial charge in [-0.2, -0.15) is 0 Å². The first kappa shape index (κ1) is 13.4. The monoisotopic (exact) mass is 263 g/mol. The van der Waals surface area contributed by atoms with Crippen molar-refractivity contribution in [2.45, 2.75) is 26.9 Å². The summed E-state index contributed by atoms with van der Waals surface area (Å²) in [6, 6.07) is 3.28. The number of benzene rings is 1. The number of hydrogen-bond acceptors (Lipinski definition) is 4. The first-order valence-corrected chi connectivity index (χ1v) is 6.36. The number of carbonyl (C=O) groups excluding carboxylic acids is 2. The Kier molecular flexibility index (Phi) is 3.74. The summed E-state index contributed by atoms with van der Waals surface area (Å²) in [5.74, 6) is 0.918. The third-order valence-corrected chi connectivity index (χ3v) is 3.01. The van der Waals surface area contributed by atoms with Gasteiger partial charge in [-0.05, 0) is 32.9 Å². The lowest BCUT2D eigenvalue weighted by molar-refractivity contribution is -0.125. The molecule has 1 atom stereocenters. The summed E-state index contributed by atoms with van der Waals surface area (Å²) in [4.78, 5) is 24.7. The zero-order valence-electron chi connectivity index (χ0n) is 11.3. The van der Waals surface area contributed by atoms with Crippen molar-refractivity contribution in [3.63, 3.8) is 0 Å². The second-order valence-electron chi connectivity index (χ2n) is 4.26. The number of anilines is 1. The number of aldehydes is 1. The first-order chi connectivity index (χ1) is 9.12. The third-order valence-electron chi connectivity index (χ3n) is 3.01. The van der Waals surface area contributed by atoms with Crippen LogP contribution in [0.4, 0.5) is 5.69 Å². The Labute approximate surface area is 112 Å². The van der Waals surface area contributed by atoms with Crippen LogP contribution in [0.2, 0.25) is 0 Å². The molecule has 0 saturated carbocycles. The van der Waals surface area contributed by atoms with Crippen LogP contribution < -0.4 is 14.4 Å². The van der Waals surface area contributed by atoms with E-state index < -0.39 is 6.10 Å². The van der Waals surface area contributed by atoms with Crippen LogP contribution in [-0.4, -0.2) is 31.4 Å². The Balaban J connectivity index is 2.59. The molecule has 0 N–H and O–H groups in total. The zero-order valence-corrected chi connectivity index (χ0v) is 11.3. The van der Waals surface area contributed by atoms with E-state index in [2.05, 4.69) is 0 Å². The van der Waals surface area contributed by atoms with Crippen molar-refractivity contribution >= 4 is 17.9 Å². The molecule has 1 aliphatic rings. The molecule has 1 aromatic rings. The molecule has 0 radical (unpaired) electrons. The number of fused-ring (bicyclic) bond motifs is 1. The highest BCUT2D eigenvalue weighted by molar-refractivity contribution is 6.01. The fourth-order valence-corrected chi connectivity index (χ4v) is 2.15. The fourth-order valence-electron chi connectivity index (χ4n) is 2.15. The molecule has 1 heterocycles. The summed E-state index contributed by atoms with van der Waals surface area (Å²) < 4.78 is 11.1. The molecule has 1 aromatic carbocycles. The van der Waals surface area contributed by atoms with E-state index in [1.165, 1.54) is 0 Å². The summed E-state index contributed by atoms with van der Waals surface area (Å²) in [6.07, 6.45) is 0.188. The Morgan fingerprint density at radius 2 is 2.16 bits per heavy atom. The van der Waals surface area contributed by atoms with Gasteiger partial charge in [-0.25, -0.2) is 0 Å². The van der Waals surface area contributed by atoms with Crippen molar-refractivity contribution in [3.8, 4) is 11.5 Å². The molecular formula is C14H17NO4. The smallest absolute Gasteiger partial charge is 0.267 e. The quantitative estimate of drug-likeness (QED) is 0.780. The predicted molar refractivity (Wildman–Crippen MR) is 71.1 cm³/mol.